The minimum absolute atomic E-state index is 0.0197. The largest absolute Gasteiger partial charge is 0.501 e. The Bertz CT molecular complexity index is 750. The van der Waals surface area contributed by atoms with Crippen LogP contribution in [0.3, 0.4) is 0 Å². The molecule has 0 spiro atoms. The molecule has 1 heterocycles. The number of benzene rings is 1. The summed E-state index contributed by atoms with van der Waals surface area (Å²) in [5, 5.41) is 13.0. The zero-order valence-electron chi connectivity index (χ0n) is 12.0. The minimum Gasteiger partial charge on any atom is -0.466 e. The first-order valence-electron chi connectivity index (χ1n) is 6.46. The highest BCUT2D eigenvalue weighted by Gasteiger charge is 2.46. The first kappa shape index (κ1) is 17.4. The van der Waals surface area contributed by atoms with E-state index in [4.69, 9.17) is 4.42 Å². The molecule has 1 atom stereocenters. The third-order valence-corrected chi connectivity index (χ3v) is 4.66. The number of aliphatic hydroxyl groups is 1. The average Bonchev–Trinajstić information content (AvgIpc) is 2.99. The number of halogens is 3. The van der Waals surface area contributed by atoms with Crippen LogP contribution in [-0.2, 0) is 15.4 Å². The lowest BCUT2D eigenvalue weighted by atomic mass is 10.0. The third-order valence-electron chi connectivity index (χ3n) is 3.16. The van der Waals surface area contributed by atoms with Crippen molar-refractivity contribution in [3.05, 3.63) is 48.4 Å². The highest BCUT2D eigenvalue weighted by Crippen LogP contribution is 2.31. The van der Waals surface area contributed by atoms with Gasteiger partial charge in [-0.25, -0.2) is 8.42 Å². The van der Waals surface area contributed by atoms with Gasteiger partial charge in [0.15, 0.2) is 0 Å². The number of alkyl halides is 3. The molecule has 126 valence electrons. The molecule has 0 radical (unpaired) electrons. The van der Waals surface area contributed by atoms with Crippen molar-refractivity contribution in [2.75, 3.05) is 11.9 Å². The molecule has 5 nitrogen and oxygen atoms in total. The molecule has 0 aliphatic rings. The maximum absolute atomic E-state index is 12.4. The van der Waals surface area contributed by atoms with E-state index in [9.17, 15) is 26.7 Å². The standard InChI is InChI=1S/C14H14F3NO4S/c1-13(19,12-3-2-8-22-12)9-18-10-4-6-11(7-5-10)23(20,21)14(15,16)17/h2-8,18-19H,9H2,1H3. The second kappa shape index (κ2) is 5.89. The summed E-state index contributed by atoms with van der Waals surface area (Å²) >= 11 is 0. The number of anilines is 1. The summed E-state index contributed by atoms with van der Waals surface area (Å²) in [6.07, 6.45) is 1.40. The van der Waals surface area contributed by atoms with Gasteiger partial charge in [0.1, 0.15) is 11.4 Å². The monoisotopic (exact) mass is 349 g/mol. The summed E-state index contributed by atoms with van der Waals surface area (Å²) in [6, 6.07) is 7.29. The van der Waals surface area contributed by atoms with Gasteiger partial charge in [0, 0.05) is 5.69 Å². The second-order valence-corrected chi connectivity index (χ2v) is 7.02. The van der Waals surface area contributed by atoms with E-state index in [1.54, 1.807) is 12.1 Å². The van der Waals surface area contributed by atoms with Crippen molar-refractivity contribution in [3.8, 4) is 0 Å². The minimum atomic E-state index is -5.36. The Hall–Kier alpha value is -2.00. The van der Waals surface area contributed by atoms with Crippen LogP contribution in [0.25, 0.3) is 0 Å². The van der Waals surface area contributed by atoms with E-state index >= 15 is 0 Å². The van der Waals surface area contributed by atoms with Crippen molar-refractivity contribution >= 4 is 15.5 Å². The van der Waals surface area contributed by atoms with Gasteiger partial charge in [0.05, 0.1) is 17.7 Å². The van der Waals surface area contributed by atoms with E-state index in [-0.39, 0.29) is 6.54 Å². The fourth-order valence-electron chi connectivity index (χ4n) is 1.83. The van der Waals surface area contributed by atoms with Gasteiger partial charge in [-0.15, -0.1) is 0 Å². The molecule has 2 N–H and O–H groups in total. The van der Waals surface area contributed by atoms with Gasteiger partial charge in [0.25, 0.3) is 9.84 Å². The van der Waals surface area contributed by atoms with Crippen LogP contribution in [0.1, 0.15) is 12.7 Å². The summed E-state index contributed by atoms with van der Waals surface area (Å²) in [6.45, 7) is 1.52. The molecule has 0 aliphatic carbocycles. The van der Waals surface area contributed by atoms with Crippen molar-refractivity contribution in [2.45, 2.75) is 22.9 Å². The Balaban J connectivity index is 2.10. The van der Waals surface area contributed by atoms with E-state index in [1.807, 2.05) is 0 Å². The fraction of sp³-hybridized carbons (Fsp3) is 0.286. The fourth-order valence-corrected chi connectivity index (χ4v) is 2.59. The summed E-state index contributed by atoms with van der Waals surface area (Å²) in [5.41, 5.74) is -6.32. The Labute approximate surface area is 130 Å². The molecule has 0 fully saturated rings. The van der Waals surface area contributed by atoms with E-state index in [2.05, 4.69) is 5.32 Å². The molecule has 2 aromatic rings. The smallest absolute Gasteiger partial charge is 0.466 e. The van der Waals surface area contributed by atoms with Crippen LogP contribution < -0.4 is 5.32 Å². The lowest BCUT2D eigenvalue weighted by Crippen LogP contribution is -2.30. The van der Waals surface area contributed by atoms with Gasteiger partial charge in [-0.3, -0.25) is 0 Å². The molecule has 9 heteroatoms. The zero-order chi connectivity index (χ0) is 17.3. The lowest BCUT2D eigenvalue weighted by Gasteiger charge is -2.22. The van der Waals surface area contributed by atoms with Gasteiger partial charge >= 0.3 is 5.51 Å². The van der Waals surface area contributed by atoms with Crippen LogP contribution in [0.4, 0.5) is 18.9 Å². The summed E-state index contributed by atoms with van der Waals surface area (Å²) in [7, 11) is -5.36. The molecule has 2 rings (SSSR count). The molecule has 0 aliphatic heterocycles. The quantitative estimate of drug-likeness (QED) is 0.868. The van der Waals surface area contributed by atoms with E-state index in [1.165, 1.54) is 25.3 Å². The van der Waals surface area contributed by atoms with Crippen LogP contribution >= 0.6 is 0 Å². The molecule has 0 amide bonds. The number of hydrogen-bond donors (Lipinski definition) is 2. The van der Waals surface area contributed by atoms with E-state index in [0.717, 1.165) is 12.1 Å². The van der Waals surface area contributed by atoms with E-state index < -0.39 is 25.8 Å². The SMILES string of the molecule is CC(O)(CNc1ccc(S(=O)(=O)C(F)(F)F)cc1)c1ccco1. The molecule has 1 aromatic heterocycles. The Kier molecular flexibility index (Phi) is 4.45. The Morgan fingerprint density at radius 1 is 1.17 bits per heavy atom. The van der Waals surface area contributed by atoms with Crippen molar-refractivity contribution in [1.29, 1.82) is 0 Å². The maximum Gasteiger partial charge on any atom is 0.501 e. The summed E-state index contributed by atoms with van der Waals surface area (Å²) in [4.78, 5) is -0.839. The van der Waals surface area contributed by atoms with Crippen LogP contribution in [0.15, 0.2) is 52.0 Å². The molecule has 1 unspecified atom stereocenters. The number of rotatable bonds is 5. The van der Waals surface area contributed by atoms with Gasteiger partial charge < -0.3 is 14.8 Å². The van der Waals surface area contributed by atoms with Gasteiger partial charge in [0.2, 0.25) is 0 Å². The highest BCUT2D eigenvalue weighted by atomic mass is 32.2. The Morgan fingerprint density at radius 2 is 1.78 bits per heavy atom. The van der Waals surface area contributed by atoms with Crippen molar-refractivity contribution in [2.24, 2.45) is 0 Å². The van der Waals surface area contributed by atoms with Crippen molar-refractivity contribution < 1.29 is 31.1 Å². The van der Waals surface area contributed by atoms with Crippen molar-refractivity contribution in [3.63, 3.8) is 0 Å². The number of nitrogens with one attached hydrogen (secondary N) is 1. The molecule has 0 saturated heterocycles. The van der Waals surface area contributed by atoms with Crippen LogP contribution in [-0.4, -0.2) is 25.6 Å². The molecule has 1 aromatic carbocycles. The predicted molar refractivity (Wildman–Crippen MR) is 76.5 cm³/mol. The third kappa shape index (κ3) is 3.67. The maximum atomic E-state index is 12.4. The second-order valence-electron chi connectivity index (χ2n) is 5.08. The molecular weight excluding hydrogens is 335 g/mol. The van der Waals surface area contributed by atoms with Crippen LogP contribution in [0.5, 0.6) is 0 Å². The highest BCUT2D eigenvalue weighted by molar-refractivity contribution is 7.92. The predicted octanol–water partition coefficient (Wildman–Crippen LogP) is 2.89. The number of furan rings is 1. The molecule has 23 heavy (non-hydrogen) atoms. The topological polar surface area (TPSA) is 79.5 Å². The summed E-state index contributed by atoms with van der Waals surface area (Å²) in [5.74, 6) is 0.321. The summed E-state index contributed by atoms with van der Waals surface area (Å²) < 4.78 is 64.9. The number of hydrogen-bond acceptors (Lipinski definition) is 5. The number of sulfone groups is 1. The van der Waals surface area contributed by atoms with Gasteiger partial charge in [-0.2, -0.15) is 13.2 Å². The molecule has 0 saturated carbocycles. The first-order chi connectivity index (χ1) is 10.5. The van der Waals surface area contributed by atoms with Crippen LogP contribution in [0.2, 0.25) is 0 Å². The zero-order valence-corrected chi connectivity index (χ0v) is 12.8. The van der Waals surface area contributed by atoms with Gasteiger partial charge in [-0.05, 0) is 43.3 Å². The Morgan fingerprint density at radius 3 is 2.26 bits per heavy atom. The first-order valence-corrected chi connectivity index (χ1v) is 7.94. The normalized spacial score (nSPS) is 15.2. The molecular formula is C14H14F3NO4S. The molecule has 0 bridgehead atoms. The van der Waals surface area contributed by atoms with Gasteiger partial charge in [-0.1, -0.05) is 0 Å². The average molecular weight is 349 g/mol. The van der Waals surface area contributed by atoms with E-state index in [0.29, 0.717) is 11.4 Å². The lowest BCUT2D eigenvalue weighted by molar-refractivity contribution is -0.0436. The van der Waals surface area contributed by atoms with Crippen molar-refractivity contribution in [1.82, 2.24) is 0 Å². The van der Waals surface area contributed by atoms with Crippen LogP contribution in [0, 0.1) is 0 Å².